The molecule has 0 unspecified atom stereocenters. The molecule has 0 bridgehead atoms. The van der Waals surface area contributed by atoms with Crippen LogP contribution in [0.25, 0.3) is 0 Å². The van der Waals surface area contributed by atoms with Crippen LogP contribution in [0.15, 0.2) is 24.8 Å². The normalized spacial score (nSPS) is 12.4. The van der Waals surface area contributed by atoms with Gasteiger partial charge < -0.3 is 5.32 Å². The van der Waals surface area contributed by atoms with E-state index in [0.29, 0.717) is 5.92 Å². The van der Waals surface area contributed by atoms with Crippen molar-refractivity contribution < 1.29 is 4.79 Å². The Kier molecular flexibility index (Phi) is 4.54. The highest BCUT2D eigenvalue weighted by molar-refractivity contribution is 5.87. The number of nitrogens with one attached hydrogen (secondary N) is 1. The molecule has 92 valence electrons. The van der Waals surface area contributed by atoms with Gasteiger partial charge in [-0.1, -0.05) is 46.4 Å². The van der Waals surface area contributed by atoms with Gasteiger partial charge in [-0.2, -0.15) is 0 Å². The summed E-state index contributed by atoms with van der Waals surface area (Å²) in [4.78, 5) is 11.4. The topological polar surface area (TPSA) is 29.1 Å². The van der Waals surface area contributed by atoms with E-state index in [9.17, 15) is 4.79 Å². The first-order chi connectivity index (χ1) is 7.06. The van der Waals surface area contributed by atoms with Crippen molar-refractivity contribution in [3.8, 4) is 0 Å². The van der Waals surface area contributed by atoms with E-state index in [-0.39, 0.29) is 16.9 Å². The summed E-state index contributed by atoms with van der Waals surface area (Å²) in [5.74, 6) is 0.254. The molecule has 1 N–H and O–H groups in total. The van der Waals surface area contributed by atoms with E-state index >= 15 is 0 Å². The van der Waals surface area contributed by atoms with Crippen molar-refractivity contribution in [2.24, 2.45) is 11.3 Å². The average molecular weight is 223 g/mol. The van der Waals surface area contributed by atoms with Gasteiger partial charge in [0.1, 0.15) is 0 Å². The van der Waals surface area contributed by atoms with E-state index in [1.807, 2.05) is 13.8 Å². The quantitative estimate of drug-likeness (QED) is 0.562. The molecule has 0 aromatic rings. The van der Waals surface area contributed by atoms with Crippen LogP contribution in [0.2, 0.25) is 0 Å². The van der Waals surface area contributed by atoms with Crippen LogP contribution in [0, 0.1) is 11.3 Å². The number of hydrogen-bond acceptors (Lipinski definition) is 1. The molecule has 2 nitrogen and oxygen atoms in total. The van der Waals surface area contributed by atoms with Crippen molar-refractivity contribution >= 4 is 5.91 Å². The summed E-state index contributed by atoms with van der Waals surface area (Å²) in [5, 5.41) is 2.96. The van der Waals surface area contributed by atoms with Crippen molar-refractivity contribution in [1.29, 1.82) is 0 Å². The summed E-state index contributed by atoms with van der Waals surface area (Å²) < 4.78 is 0. The Balaban J connectivity index is 5.04. The third-order valence-corrected chi connectivity index (χ3v) is 3.68. The fourth-order valence-corrected chi connectivity index (χ4v) is 1.64. The molecule has 0 spiro atoms. The van der Waals surface area contributed by atoms with Crippen LogP contribution in [-0.4, -0.2) is 11.4 Å². The molecule has 0 fully saturated rings. The zero-order valence-electron chi connectivity index (χ0n) is 11.5. The van der Waals surface area contributed by atoms with Crippen molar-refractivity contribution in [3.05, 3.63) is 24.8 Å². The molecule has 0 aliphatic heterocycles. The summed E-state index contributed by atoms with van der Waals surface area (Å²) in [6.45, 7) is 20.1. The first-order valence-corrected chi connectivity index (χ1v) is 5.70. The van der Waals surface area contributed by atoms with Gasteiger partial charge in [-0.3, -0.25) is 4.79 Å². The zero-order chi connectivity index (χ0) is 13.1. The molecule has 0 radical (unpaired) electrons. The van der Waals surface area contributed by atoms with Crippen molar-refractivity contribution in [1.82, 2.24) is 5.32 Å². The van der Waals surface area contributed by atoms with Crippen LogP contribution < -0.4 is 5.32 Å². The Hall–Kier alpha value is -1.05. The number of hydrogen-bond donors (Lipinski definition) is 1. The molecule has 0 rings (SSSR count). The van der Waals surface area contributed by atoms with Crippen molar-refractivity contribution in [2.75, 3.05) is 0 Å². The zero-order valence-corrected chi connectivity index (χ0v) is 11.5. The van der Waals surface area contributed by atoms with E-state index in [0.717, 1.165) is 5.57 Å². The van der Waals surface area contributed by atoms with Gasteiger partial charge >= 0.3 is 0 Å². The maximum atomic E-state index is 11.4. The molecule has 1 amide bonds. The lowest BCUT2D eigenvalue weighted by molar-refractivity contribution is -0.119. The molecular weight excluding hydrogens is 198 g/mol. The van der Waals surface area contributed by atoms with Crippen LogP contribution in [-0.2, 0) is 4.79 Å². The Labute approximate surface area is 99.8 Å². The fraction of sp³-hybridized carbons (Fsp3) is 0.643. The van der Waals surface area contributed by atoms with Crippen LogP contribution in [0.3, 0.4) is 0 Å². The minimum Gasteiger partial charge on any atom is -0.347 e. The van der Waals surface area contributed by atoms with Gasteiger partial charge in [-0.05, 0) is 25.8 Å². The van der Waals surface area contributed by atoms with Crippen LogP contribution in [0.4, 0.5) is 0 Å². The Bertz CT molecular complexity index is 298. The van der Waals surface area contributed by atoms with Gasteiger partial charge in [0.15, 0.2) is 0 Å². The van der Waals surface area contributed by atoms with E-state index in [1.54, 1.807) is 0 Å². The number of carbonyl (C=O) groups is 1. The molecule has 2 heteroatoms. The molecule has 0 saturated carbocycles. The second kappa shape index (κ2) is 4.86. The minimum atomic E-state index is -0.348. The number of amides is 1. The molecule has 16 heavy (non-hydrogen) atoms. The molecule has 0 atom stereocenters. The largest absolute Gasteiger partial charge is 0.347 e. The highest BCUT2D eigenvalue weighted by atomic mass is 16.1. The Morgan fingerprint density at radius 2 is 1.69 bits per heavy atom. The lowest BCUT2D eigenvalue weighted by Crippen LogP contribution is -2.54. The monoisotopic (exact) mass is 223 g/mol. The van der Waals surface area contributed by atoms with Gasteiger partial charge in [-0.25, -0.2) is 0 Å². The highest BCUT2D eigenvalue weighted by Gasteiger charge is 2.40. The summed E-state index contributed by atoms with van der Waals surface area (Å²) in [7, 11) is 0. The van der Waals surface area contributed by atoms with E-state index in [2.05, 4.69) is 46.2 Å². The number of carbonyl (C=O) groups excluding carboxylic acids is 1. The van der Waals surface area contributed by atoms with Gasteiger partial charge in [0.05, 0.1) is 0 Å². The summed E-state index contributed by atoms with van der Waals surface area (Å²) in [6, 6.07) is 0. The maximum Gasteiger partial charge on any atom is 0.243 e. The molecule has 0 aliphatic rings. The van der Waals surface area contributed by atoms with Crippen molar-refractivity contribution in [3.63, 3.8) is 0 Å². The van der Waals surface area contributed by atoms with Crippen molar-refractivity contribution in [2.45, 2.75) is 47.1 Å². The van der Waals surface area contributed by atoms with Gasteiger partial charge in [0, 0.05) is 11.0 Å². The maximum absolute atomic E-state index is 11.4. The predicted molar refractivity (Wildman–Crippen MR) is 70.2 cm³/mol. The van der Waals surface area contributed by atoms with E-state index in [1.165, 1.54) is 6.08 Å². The van der Waals surface area contributed by atoms with Gasteiger partial charge in [-0.15, -0.1) is 0 Å². The summed E-state index contributed by atoms with van der Waals surface area (Å²) in [5.41, 5.74) is 0.626. The van der Waals surface area contributed by atoms with Crippen LogP contribution in [0.5, 0.6) is 0 Å². The standard InChI is InChI=1S/C14H25NO/c1-9-12(16)15-14(7,8)13(5,6)11(4)10(2)3/h9-10H,1,4H2,2-3,5-8H3,(H,15,16). The molecule has 0 aromatic carbocycles. The molecule has 0 saturated heterocycles. The minimum absolute atomic E-state index is 0.144. The SMILES string of the molecule is C=CC(=O)NC(C)(C)C(C)(C)C(=C)C(C)C. The van der Waals surface area contributed by atoms with Crippen LogP contribution >= 0.6 is 0 Å². The first kappa shape index (κ1) is 14.9. The van der Waals surface area contributed by atoms with E-state index in [4.69, 9.17) is 0 Å². The van der Waals surface area contributed by atoms with Gasteiger partial charge in [0.25, 0.3) is 0 Å². The second-order valence-corrected chi connectivity index (χ2v) is 5.62. The lowest BCUT2D eigenvalue weighted by atomic mass is 9.67. The molecule has 0 aliphatic carbocycles. The molecule has 0 heterocycles. The Morgan fingerprint density at radius 3 is 2.00 bits per heavy atom. The van der Waals surface area contributed by atoms with Gasteiger partial charge in [0.2, 0.25) is 5.91 Å². The smallest absolute Gasteiger partial charge is 0.243 e. The van der Waals surface area contributed by atoms with E-state index < -0.39 is 0 Å². The predicted octanol–water partition coefficient (Wildman–Crippen LogP) is 3.31. The van der Waals surface area contributed by atoms with Crippen LogP contribution in [0.1, 0.15) is 41.5 Å². The molecular formula is C14H25NO. The molecule has 0 aromatic heterocycles. The average Bonchev–Trinajstić information content (AvgIpc) is 2.15. The fourth-order valence-electron chi connectivity index (χ4n) is 1.64. The highest BCUT2D eigenvalue weighted by Crippen LogP contribution is 2.40. The Morgan fingerprint density at radius 1 is 1.25 bits per heavy atom. The summed E-state index contributed by atoms with van der Waals surface area (Å²) >= 11 is 0. The summed E-state index contributed by atoms with van der Waals surface area (Å²) in [6.07, 6.45) is 1.30. The number of rotatable bonds is 5. The first-order valence-electron chi connectivity index (χ1n) is 5.70. The third kappa shape index (κ3) is 2.97. The lowest BCUT2D eigenvalue weighted by Gasteiger charge is -2.44. The third-order valence-electron chi connectivity index (χ3n) is 3.68. The second-order valence-electron chi connectivity index (χ2n) is 5.62.